The molecule has 6 atom stereocenters. The van der Waals surface area contributed by atoms with Gasteiger partial charge in [-0.1, -0.05) is 26.0 Å². The number of allylic oxidation sites excluding steroid dienone is 2. The number of hydrogen-bond acceptors (Lipinski definition) is 4. The number of aliphatic carboxylic acids is 1. The molecule has 0 spiro atoms. The normalized spacial score (nSPS) is 31.2. The van der Waals surface area contributed by atoms with Crippen LogP contribution in [0.2, 0.25) is 0 Å². The molecule has 7 heteroatoms. The summed E-state index contributed by atoms with van der Waals surface area (Å²) in [5.41, 5.74) is 0. The molecule has 0 radical (unpaired) electrons. The van der Waals surface area contributed by atoms with Crippen LogP contribution in [-0.4, -0.2) is 45.5 Å². The van der Waals surface area contributed by atoms with E-state index < -0.39 is 47.8 Å². The maximum absolute atomic E-state index is 14.9. The van der Waals surface area contributed by atoms with Crippen molar-refractivity contribution in [1.82, 2.24) is 0 Å². The van der Waals surface area contributed by atoms with Crippen molar-refractivity contribution < 1.29 is 33.6 Å². The van der Waals surface area contributed by atoms with E-state index in [0.29, 0.717) is 6.42 Å². The molecule has 0 unspecified atom stereocenters. The zero-order valence-electron chi connectivity index (χ0n) is 16.9. The molecule has 2 rings (SSSR count). The van der Waals surface area contributed by atoms with Crippen LogP contribution >= 0.6 is 0 Å². The monoisotopic (exact) mass is 412 g/mol. The van der Waals surface area contributed by atoms with Gasteiger partial charge in [0.25, 0.3) is 0 Å². The van der Waals surface area contributed by atoms with Gasteiger partial charge in [-0.15, -0.1) is 11.8 Å². The Morgan fingerprint density at radius 3 is 2.79 bits per heavy atom. The molecule has 1 saturated carbocycles. The van der Waals surface area contributed by atoms with Gasteiger partial charge in [-0.05, 0) is 24.8 Å². The molecule has 162 valence electrons. The lowest BCUT2D eigenvalue weighted by Crippen LogP contribution is -2.33. The summed E-state index contributed by atoms with van der Waals surface area (Å²) in [7, 11) is 0. The highest BCUT2D eigenvalue weighted by Crippen LogP contribution is 2.54. The Bertz CT molecular complexity index is 691. The molecule has 5 nitrogen and oxygen atoms in total. The molecule has 2 aliphatic rings. The van der Waals surface area contributed by atoms with Crippen LogP contribution in [0.1, 0.15) is 52.4 Å². The lowest BCUT2D eigenvalue weighted by molar-refractivity contribution is -0.137. The fraction of sp³-hybridized carbons (Fsp3) is 0.682. The summed E-state index contributed by atoms with van der Waals surface area (Å²) in [4.78, 5) is 10.5. The number of aliphatic hydroxyl groups excluding tert-OH is 2. The third-order valence-electron chi connectivity index (χ3n) is 5.52. The van der Waals surface area contributed by atoms with Crippen LogP contribution in [0.25, 0.3) is 0 Å². The van der Waals surface area contributed by atoms with Crippen LogP contribution in [-0.2, 0) is 9.53 Å². The number of aliphatic hydroxyl groups is 2. The predicted octanol–water partition coefficient (Wildman–Crippen LogP) is 3.51. The number of hydrogen-bond donors (Lipinski definition) is 3. The second-order valence-corrected chi connectivity index (χ2v) is 7.80. The number of alkyl halides is 2. The minimum absolute atomic E-state index is 0.0923. The molecule has 2 fully saturated rings. The van der Waals surface area contributed by atoms with Gasteiger partial charge in [0.2, 0.25) is 0 Å². The molecule has 3 N–H and O–H groups in total. The first-order valence-electron chi connectivity index (χ1n) is 10.2. The van der Waals surface area contributed by atoms with Crippen LogP contribution in [0.3, 0.4) is 0 Å². The van der Waals surface area contributed by atoms with Crippen molar-refractivity contribution in [2.24, 2.45) is 17.8 Å². The number of carboxylic acid groups (broad SMARTS) is 1. The molecule has 0 aromatic carbocycles. The molecule has 1 saturated heterocycles. The summed E-state index contributed by atoms with van der Waals surface area (Å²) in [5.74, 6) is -0.947. The zero-order valence-corrected chi connectivity index (χ0v) is 16.9. The Kier molecular flexibility index (Phi) is 8.23. The number of halogens is 2. The summed E-state index contributed by atoms with van der Waals surface area (Å²) in [6, 6.07) is 0. The van der Waals surface area contributed by atoms with E-state index in [1.807, 2.05) is 13.8 Å². The van der Waals surface area contributed by atoms with E-state index in [0.717, 1.165) is 6.42 Å². The average Bonchev–Trinajstić information content (AvgIpc) is 3.09. The number of unbranched alkanes of at least 4 members (excludes halogenated alkanes) is 1. The highest BCUT2D eigenvalue weighted by Gasteiger charge is 2.63. The van der Waals surface area contributed by atoms with Gasteiger partial charge in [-0.2, -0.15) is 8.78 Å². The quantitative estimate of drug-likeness (QED) is 0.323. The number of rotatable bonds is 8. The third-order valence-corrected chi connectivity index (χ3v) is 5.52. The highest BCUT2D eigenvalue weighted by molar-refractivity contribution is 5.66. The minimum Gasteiger partial charge on any atom is -0.488 e. The van der Waals surface area contributed by atoms with Crippen molar-refractivity contribution in [2.45, 2.75) is 76.6 Å². The average molecular weight is 412 g/mol. The first-order chi connectivity index (χ1) is 13.7. The lowest BCUT2D eigenvalue weighted by Gasteiger charge is -2.23. The van der Waals surface area contributed by atoms with Gasteiger partial charge < -0.3 is 20.1 Å². The SMILES string of the molecule is CCC#CC[C@H](C)[C@H](O)/C=C/[C@@H]1[C@@H]2[C@H](C[C@H]1O)O/C(=C\CCCC(=O)O)C2(F)F. The van der Waals surface area contributed by atoms with Crippen LogP contribution in [0.4, 0.5) is 8.78 Å². The van der Waals surface area contributed by atoms with Crippen molar-refractivity contribution in [1.29, 1.82) is 0 Å². The number of fused-ring (bicyclic) bond motifs is 1. The number of carboxylic acids is 1. The van der Waals surface area contributed by atoms with Gasteiger partial charge >= 0.3 is 11.9 Å². The zero-order chi connectivity index (χ0) is 21.6. The second-order valence-electron chi connectivity index (χ2n) is 7.80. The Labute approximate surface area is 170 Å². The van der Waals surface area contributed by atoms with E-state index in [1.54, 1.807) is 0 Å². The standard InChI is InChI=1S/C22H30F2O5/c1-3-4-5-8-14(2)16(25)12-11-15-17(26)13-18-21(15)22(23,24)19(29-18)9-6-7-10-20(27)28/h9,11-12,14-18,21,25-26H,3,6-8,10,13H2,1-2H3,(H,27,28)/b12-11+,19-9-/t14-,15-,16+,17+,18-,21+/m0/s1. The maximum atomic E-state index is 14.9. The van der Waals surface area contributed by atoms with Gasteiger partial charge in [0.1, 0.15) is 6.10 Å². The summed E-state index contributed by atoms with van der Waals surface area (Å²) >= 11 is 0. The van der Waals surface area contributed by atoms with Crippen molar-refractivity contribution in [3.8, 4) is 11.8 Å². The van der Waals surface area contributed by atoms with E-state index in [2.05, 4.69) is 11.8 Å². The van der Waals surface area contributed by atoms with Crippen molar-refractivity contribution >= 4 is 5.97 Å². The molecular weight excluding hydrogens is 382 g/mol. The van der Waals surface area contributed by atoms with E-state index in [-0.39, 0.29) is 31.6 Å². The van der Waals surface area contributed by atoms with Gasteiger partial charge in [0.15, 0.2) is 5.76 Å². The predicted molar refractivity (Wildman–Crippen MR) is 104 cm³/mol. The number of ether oxygens (including phenoxy) is 1. The fourth-order valence-corrected chi connectivity index (χ4v) is 3.86. The van der Waals surface area contributed by atoms with Crippen LogP contribution in [0.5, 0.6) is 0 Å². The first kappa shape index (κ1) is 23.4. The third kappa shape index (κ3) is 5.80. The summed E-state index contributed by atoms with van der Waals surface area (Å²) in [5, 5.41) is 29.2. The molecule has 29 heavy (non-hydrogen) atoms. The fourth-order valence-electron chi connectivity index (χ4n) is 3.86. The molecule has 1 aliphatic heterocycles. The van der Waals surface area contributed by atoms with E-state index in [9.17, 15) is 23.8 Å². The highest BCUT2D eigenvalue weighted by atomic mass is 19.3. The summed E-state index contributed by atoms with van der Waals surface area (Å²) in [6.45, 7) is 3.77. The van der Waals surface area contributed by atoms with Crippen LogP contribution in [0.15, 0.2) is 24.0 Å². The molecule has 0 bridgehead atoms. The number of carbonyl (C=O) groups is 1. The molecule has 1 heterocycles. The van der Waals surface area contributed by atoms with Gasteiger partial charge in [0.05, 0.1) is 18.1 Å². The molecular formula is C22H30F2O5. The first-order valence-corrected chi connectivity index (χ1v) is 10.2. The van der Waals surface area contributed by atoms with E-state index >= 15 is 0 Å². The van der Waals surface area contributed by atoms with E-state index in [4.69, 9.17) is 9.84 Å². The van der Waals surface area contributed by atoms with Gasteiger partial charge in [-0.25, -0.2) is 0 Å². The Balaban J connectivity index is 2.05. The molecule has 1 aliphatic carbocycles. The lowest BCUT2D eigenvalue weighted by atomic mass is 9.87. The maximum Gasteiger partial charge on any atom is 0.310 e. The molecule has 0 aromatic rings. The minimum atomic E-state index is -3.25. The molecule has 0 amide bonds. The summed E-state index contributed by atoms with van der Waals surface area (Å²) in [6.07, 6.45) is 3.28. The van der Waals surface area contributed by atoms with Gasteiger partial charge in [0, 0.05) is 31.6 Å². The van der Waals surface area contributed by atoms with Crippen LogP contribution in [0, 0.1) is 29.6 Å². The second kappa shape index (κ2) is 10.2. The Hall–Kier alpha value is -1.91. The summed E-state index contributed by atoms with van der Waals surface area (Å²) < 4.78 is 35.3. The van der Waals surface area contributed by atoms with Crippen LogP contribution < -0.4 is 0 Å². The largest absolute Gasteiger partial charge is 0.488 e. The van der Waals surface area contributed by atoms with Crippen molar-refractivity contribution in [3.63, 3.8) is 0 Å². The van der Waals surface area contributed by atoms with Gasteiger partial charge in [-0.3, -0.25) is 4.79 Å². The van der Waals surface area contributed by atoms with E-state index in [1.165, 1.54) is 18.2 Å². The van der Waals surface area contributed by atoms with Crippen molar-refractivity contribution in [3.05, 3.63) is 24.0 Å². The molecule has 0 aromatic heterocycles. The smallest absolute Gasteiger partial charge is 0.310 e. The topological polar surface area (TPSA) is 87.0 Å². The Morgan fingerprint density at radius 2 is 2.14 bits per heavy atom. The Morgan fingerprint density at radius 1 is 1.41 bits per heavy atom. The van der Waals surface area contributed by atoms with Crippen molar-refractivity contribution in [2.75, 3.05) is 0 Å².